The molecule has 0 bridgehead atoms. The van der Waals surface area contributed by atoms with Gasteiger partial charge >= 0.3 is 0 Å². The molecular formula is C21H28N4O3. The maximum atomic E-state index is 12.6. The van der Waals surface area contributed by atoms with Gasteiger partial charge < -0.3 is 20.7 Å². The van der Waals surface area contributed by atoms with E-state index < -0.39 is 23.8 Å². The Kier molecular flexibility index (Phi) is 6.88. The van der Waals surface area contributed by atoms with Crippen LogP contribution >= 0.6 is 0 Å². The van der Waals surface area contributed by atoms with Crippen LogP contribution in [0.25, 0.3) is 0 Å². The van der Waals surface area contributed by atoms with Gasteiger partial charge in [-0.3, -0.25) is 9.59 Å². The van der Waals surface area contributed by atoms with Crippen molar-refractivity contribution < 1.29 is 14.3 Å². The molecule has 0 radical (unpaired) electrons. The molecule has 28 heavy (non-hydrogen) atoms. The molecule has 150 valence electrons. The third-order valence-electron chi connectivity index (χ3n) is 5.69. The summed E-state index contributed by atoms with van der Waals surface area (Å²) in [4.78, 5) is 26.6. The second kappa shape index (κ2) is 9.56. The van der Waals surface area contributed by atoms with Crippen LogP contribution < -0.4 is 16.0 Å². The Balaban J connectivity index is 1.58. The van der Waals surface area contributed by atoms with Gasteiger partial charge in [-0.25, -0.2) is 0 Å². The average Bonchev–Trinajstić information content (AvgIpc) is 2.74. The number of hydrogen-bond donors (Lipinski definition) is 2. The fourth-order valence-corrected chi connectivity index (χ4v) is 4.09. The van der Waals surface area contributed by atoms with Crippen LogP contribution in [0.3, 0.4) is 0 Å². The van der Waals surface area contributed by atoms with Gasteiger partial charge in [0.25, 0.3) is 0 Å². The number of primary amides is 1. The highest BCUT2D eigenvalue weighted by molar-refractivity contribution is 5.87. The zero-order chi connectivity index (χ0) is 19.9. The Bertz CT molecular complexity index is 722. The number of nitriles is 1. The number of nitrogens with one attached hydrogen (secondary N) is 1. The number of carbonyl (C=O) groups is 2. The Morgan fingerprint density at radius 2 is 1.82 bits per heavy atom. The van der Waals surface area contributed by atoms with Crippen molar-refractivity contribution in [3.8, 4) is 6.07 Å². The summed E-state index contributed by atoms with van der Waals surface area (Å²) < 4.78 is 5.37. The summed E-state index contributed by atoms with van der Waals surface area (Å²) in [5, 5.41) is 12.3. The van der Waals surface area contributed by atoms with E-state index in [1.54, 1.807) is 0 Å². The van der Waals surface area contributed by atoms with Crippen LogP contribution in [0.4, 0.5) is 5.69 Å². The molecule has 7 nitrogen and oxygen atoms in total. The zero-order valence-corrected chi connectivity index (χ0v) is 16.1. The maximum Gasteiger partial charge on any atom is 0.224 e. The number of carbonyl (C=O) groups excluding carboxylic acids is 2. The minimum atomic E-state index is -0.628. The fraction of sp³-hybridized carbons (Fsp3) is 0.571. The molecule has 3 atom stereocenters. The Labute approximate surface area is 165 Å². The highest BCUT2D eigenvalue weighted by Crippen LogP contribution is 2.30. The molecule has 3 N–H and O–H groups in total. The number of benzene rings is 1. The normalized spacial score (nSPS) is 23.5. The molecule has 2 aliphatic rings. The third-order valence-corrected chi connectivity index (χ3v) is 5.69. The first-order valence-electron chi connectivity index (χ1n) is 9.99. The Morgan fingerprint density at radius 3 is 2.43 bits per heavy atom. The molecule has 2 fully saturated rings. The molecule has 0 aromatic heterocycles. The van der Waals surface area contributed by atoms with Crippen LogP contribution in [-0.2, 0) is 20.7 Å². The fourth-order valence-electron chi connectivity index (χ4n) is 4.09. The lowest BCUT2D eigenvalue weighted by Crippen LogP contribution is -2.45. The molecule has 2 amide bonds. The average molecular weight is 384 g/mol. The predicted octanol–water partition coefficient (Wildman–Crippen LogP) is 1.37. The molecule has 0 spiro atoms. The van der Waals surface area contributed by atoms with Crippen molar-refractivity contribution in [1.29, 1.82) is 5.26 Å². The summed E-state index contributed by atoms with van der Waals surface area (Å²) in [6.45, 7) is 3.22. The van der Waals surface area contributed by atoms with Gasteiger partial charge in [-0.2, -0.15) is 5.26 Å². The summed E-state index contributed by atoms with van der Waals surface area (Å²) in [6, 6.07) is 9.61. The zero-order valence-electron chi connectivity index (χ0n) is 16.1. The minimum Gasteiger partial charge on any atom is -0.378 e. The van der Waals surface area contributed by atoms with E-state index >= 15 is 0 Å². The molecular weight excluding hydrogens is 356 g/mol. The van der Waals surface area contributed by atoms with Crippen LogP contribution in [0.5, 0.6) is 0 Å². The number of rotatable bonds is 6. The van der Waals surface area contributed by atoms with E-state index in [-0.39, 0.29) is 5.91 Å². The van der Waals surface area contributed by atoms with Crippen molar-refractivity contribution in [3.05, 3.63) is 29.8 Å². The number of nitrogens with zero attached hydrogens (tertiary/aromatic N) is 2. The Morgan fingerprint density at radius 1 is 1.18 bits per heavy atom. The van der Waals surface area contributed by atoms with Gasteiger partial charge in [0.15, 0.2) is 0 Å². The first-order valence-corrected chi connectivity index (χ1v) is 9.99. The van der Waals surface area contributed by atoms with E-state index in [2.05, 4.69) is 16.3 Å². The second-order valence-corrected chi connectivity index (χ2v) is 7.56. The topological polar surface area (TPSA) is 108 Å². The van der Waals surface area contributed by atoms with E-state index in [0.717, 1.165) is 50.4 Å². The van der Waals surface area contributed by atoms with E-state index in [9.17, 15) is 14.9 Å². The van der Waals surface area contributed by atoms with Gasteiger partial charge in [-0.1, -0.05) is 25.0 Å². The van der Waals surface area contributed by atoms with Crippen molar-refractivity contribution in [1.82, 2.24) is 5.32 Å². The number of morpholine rings is 1. The van der Waals surface area contributed by atoms with Crippen LogP contribution in [-0.4, -0.2) is 44.2 Å². The summed E-state index contributed by atoms with van der Waals surface area (Å²) in [5.74, 6) is -1.52. The molecule has 1 saturated carbocycles. The summed E-state index contributed by atoms with van der Waals surface area (Å²) in [5.41, 5.74) is 7.58. The number of hydrogen-bond acceptors (Lipinski definition) is 5. The van der Waals surface area contributed by atoms with Crippen molar-refractivity contribution in [2.75, 3.05) is 31.2 Å². The third kappa shape index (κ3) is 5.02. The predicted molar refractivity (Wildman–Crippen MR) is 105 cm³/mol. The van der Waals surface area contributed by atoms with Crippen molar-refractivity contribution in [2.45, 2.75) is 38.1 Å². The molecule has 1 aromatic carbocycles. The van der Waals surface area contributed by atoms with Crippen molar-refractivity contribution in [3.63, 3.8) is 0 Å². The number of nitrogens with two attached hydrogens (primary N) is 1. The highest BCUT2D eigenvalue weighted by Gasteiger charge is 2.35. The smallest absolute Gasteiger partial charge is 0.224 e. The summed E-state index contributed by atoms with van der Waals surface area (Å²) in [7, 11) is 0. The van der Waals surface area contributed by atoms with Crippen LogP contribution in [0, 0.1) is 23.2 Å². The van der Waals surface area contributed by atoms with Crippen LogP contribution in [0.15, 0.2) is 24.3 Å². The van der Waals surface area contributed by atoms with Gasteiger partial charge in [-0.15, -0.1) is 0 Å². The molecule has 3 rings (SSSR count). The van der Waals surface area contributed by atoms with Crippen LogP contribution in [0.2, 0.25) is 0 Å². The summed E-state index contributed by atoms with van der Waals surface area (Å²) in [6.07, 6.45) is 3.54. The first-order chi connectivity index (χ1) is 13.6. The highest BCUT2D eigenvalue weighted by atomic mass is 16.5. The SMILES string of the molecule is N#CC(Cc1ccc(N2CCOCC2)cc1)NC(=O)[C@@H]1CCCC[C@@H]1C(N)=O. The van der Waals surface area contributed by atoms with Gasteiger partial charge in [0.1, 0.15) is 6.04 Å². The van der Waals surface area contributed by atoms with Gasteiger partial charge in [0, 0.05) is 37.0 Å². The molecule has 1 unspecified atom stereocenters. The van der Waals surface area contributed by atoms with Gasteiger partial charge in [0.2, 0.25) is 11.8 Å². The lowest BCUT2D eigenvalue weighted by atomic mass is 9.78. The summed E-state index contributed by atoms with van der Waals surface area (Å²) >= 11 is 0. The standard InChI is InChI=1S/C21H28N4O3/c22-14-16(24-21(27)19-4-2-1-3-18(19)20(23)26)13-15-5-7-17(8-6-15)25-9-11-28-12-10-25/h5-8,16,18-19H,1-4,9-13H2,(H2,23,26)(H,24,27)/t16?,18-,19+/m0/s1. The molecule has 1 aliphatic carbocycles. The van der Waals surface area contributed by atoms with Crippen LogP contribution in [0.1, 0.15) is 31.2 Å². The quantitative estimate of drug-likeness (QED) is 0.770. The minimum absolute atomic E-state index is 0.236. The van der Waals surface area contributed by atoms with E-state index in [1.165, 1.54) is 0 Å². The van der Waals surface area contributed by atoms with E-state index in [1.807, 2.05) is 24.3 Å². The molecule has 1 aromatic rings. The molecule has 1 heterocycles. The largest absolute Gasteiger partial charge is 0.378 e. The maximum absolute atomic E-state index is 12.6. The molecule has 7 heteroatoms. The van der Waals surface area contributed by atoms with Gasteiger partial charge in [-0.05, 0) is 30.5 Å². The molecule has 1 aliphatic heterocycles. The van der Waals surface area contributed by atoms with Gasteiger partial charge in [0.05, 0.1) is 19.3 Å². The second-order valence-electron chi connectivity index (χ2n) is 7.56. The van der Waals surface area contributed by atoms with Crippen molar-refractivity contribution in [2.24, 2.45) is 17.6 Å². The molecule has 1 saturated heterocycles. The first kappa shape index (κ1) is 20.2. The number of anilines is 1. The lowest BCUT2D eigenvalue weighted by Gasteiger charge is -2.29. The monoisotopic (exact) mass is 384 g/mol. The Hall–Kier alpha value is -2.59. The van der Waals surface area contributed by atoms with E-state index in [0.29, 0.717) is 19.3 Å². The number of amides is 2. The lowest BCUT2D eigenvalue weighted by molar-refractivity contribution is -0.135. The van der Waals surface area contributed by atoms with E-state index in [4.69, 9.17) is 10.5 Å². The van der Waals surface area contributed by atoms with Crippen molar-refractivity contribution >= 4 is 17.5 Å². The number of ether oxygens (including phenoxy) is 1.